The molecule has 1 atom stereocenters. The third kappa shape index (κ3) is 3.55. The van der Waals surface area contributed by atoms with Gasteiger partial charge in [-0.05, 0) is 28.0 Å². The third-order valence-electron chi connectivity index (χ3n) is 4.73. The zero-order valence-electron chi connectivity index (χ0n) is 15.6. The number of aliphatic hydroxyl groups is 2. The first-order valence-electron chi connectivity index (χ1n) is 8.79. The molecular weight excluding hydrogens is 362 g/mol. The lowest BCUT2D eigenvalue weighted by Gasteiger charge is -2.27. The van der Waals surface area contributed by atoms with Crippen molar-refractivity contribution >= 4 is 23.0 Å². The van der Waals surface area contributed by atoms with Gasteiger partial charge in [0.25, 0.3) is 5.91 Å². The predicted octanol–water partition coefficient (Wildman–Crippen LogP) is 3.62. The van der Waals surface area contributed by atoms with Crippen LogP contribution in [0.1, 0.15) is 47.6 Å². The maximum absolute atomic E-state index is 13.0. The average Bonchev–Trinajstić information content (AvgIpc) is 3.24. The molecule has 0 fully saturated rings. The number of Topliss-reactive ketones (excluding diaryl/α,β-unsaturated/α-hetero) is 1. The number of hydrogen-bond donors (Lipinski definition) is 2. The first kappa shape index (κ1) is 19.3. The predicted molar refractivity (Wildman–Crippen MR) is 105 cm³/mol. The van der Waals surface area contributed by atoms with E-state index in [1.165, 1.54) is 16.2 Å². The van der Waals surface area contributed by atoms with Crippen molar-refractivity contribution < 1.29 is 19.8 Å². The molecule has 0 aliphatic carbocycles. The minimum Gasteiger partial charge on any atom is -0.503 e. The van der Waals surface area contributed by atoms with Crippen LogP contribution in [0.15, 0.2) is 53.1 Å². The molecule has 0 saturated carbocycles. The van der Waals surface area contributed by atoms with Gasteiger partial charge in [-0.3, -0.25) is 9.59 Å². The van der Waals surface area contributed by atoms with Crippen molar-refractivity contribution in [2.75, 3.05) is 13.2 Å². The molecule has 2 aromatic rings. The molecule has 0 saturated heterocycles. The molecule has 1 aromatic carbocycles. The highest BCUT2D eigenvalue weighted by molar-refractivity contribution is 7.12. The van der Waals surface area contributed by atoms with Crippen LogP contribution in [0, 0.1) is 0 Å². The number of aliphatic hydroxyl groups excluding tert-OH is 2. The number of β-amino-alcohol motifs (C(OH)–C–C–N with tert-alkyl or cyclic N) is 1. The third-order valence-corrected chi connectivity index (χ3v) is 5.60. The van der Waals surface area contributed by atoms with E-state index in [0.29, 0.717) is 4.88 Å². The maximum atomic E-state index is 13.0. The maximum Gasteiger partial charge on any atom is 0.290 e. The summed E-state index contributed by atoms with van der Waals surface area (Å²) in [4.78, 5) is 27.3. The van der Waals surface area contributed by atoms with Crippen molar-refractivity contribution in [3.05, 3.63) is 69.1 Å². The normalized spacial score (nSPS) is 17.7. The van der Waals surface area contributed by atoms with Crippen molar-refractivity contribution in [3.8, 4) is 0 Å². The molecule has 27 heavy (non-hydrogen) atoms. The Hall–Kier alpha value is -2.44. The van der Waals surface area contributed by atoms with Gasteiger partial charge in [0.15, 0.2) is 5.76 Å². The van der Waals surface area contributed by atoms with Gasteiger partial charge in [-0.25, -0.2) is 0 Å². The lowest BCUT2D eigenvalue weighted by molar-refractivity contribution is -0.129. The number of rotatable bonds is 5. The molecule has 3 rings (SSSR count). The highest BCUT2D eigenvalue weighted by Gasteiger charge is 2.43. The Morgan fingerprint density at radius 3 is 2.37 bits per heavy atom. The van der Waals surface area contributed by atoms with Gasteiger partial charge in [-0.15, -0.1) is 11.3 Å². The summed E-state index contributed by atoms with van der Waals surface area (Å²) in [6.07, 6.45) is 0. The van der Waals surface area contributed by atoms with E-state index < -0.39 is 17.7 Å². The van der Waals surface area contributed by atoms with Crippen LogP contribution < -0.4 is 0 Å². The Labute approximate surface area is 162 Å². The van der Waals surface area contributed by atoms with Crippen molar-refractivity contribution in [2.45, 2.75) is 32.2 Å². The number of carbonyl (C=O) groups excluding carboxylic acids is 2. The van der Waals surface area contributed by atoms with Gasteiger partial charge in [0.2, 0.25) is 5.78 Å². The Morgan fingerprint density at radius 1 is 1.19 bits per heavy atom. The van der Waals surface area contributed by atoms with Gasteiger partial charge in [0.05, 0.1) is 23.1 Å². The molecule has 2 N–H and O–H groups in total. The Morgan fingerprint density at radius 2 is 1.85 bits per heavy atom. The van der Waals surface area contributed by atoms with Crippen LogP contribution in [-0.2, 0) is 10.2 Å². The van der Waals surface area contributed by atoms with Crippen molar-refractivity contribution in [3.63, 3.8) is 0 Å². The number of nitrogens with zero attached hydrogens (tertiary/aromatic N) is 1. The standard InChI is InChI=1S/C21H23NO4S/c1-21(2,3)14-8-6-13(7-9-14)17-16(18(24)15-5-4-12-27-15)19(25)20(26)22(17)10-11-23/h4-9,12,17,23,25H,10-11H2,1-3H3. The molecule has 142 valence electrons. The summed E-state index contributed by atoms with van der Waals surface area (Å²) in [6.45, 7) is 6.11. The fourth-order valence-electron chi connectivity index (χ4n) is 3.28. The van der Waals surface area contributed by atoms with E-state index in [4.69, 9.17) is 0 Å². The van der Waals surface area contributed by atoms with E-state index in [9.17, 15) is 19.8 Å². The topological polar surface area (TPSA) is 77.8 Å². The largest absolute Gasteiger partial charge is 0.503 e. The van der Waals surface area contributed by atoms with Gasteiger partial charge in [-0.1, -0.05) is 51.1 Å². The summed E-state index contributed by atoms with van der Waals surface area (Å²) in [6, 6.07) is 10.4. The second kappa shape index (κ2) is 7.29. The molecule has 5 nitrogen and oxygen atoms in total. The van der Waals surface area contributed by atoms with Crippen LogP contribution >= 0.6 is 11.3 Å². The minimum atomic E-state index is -0.715. The number of benzene rings is 1. The summed E-state index contributed by atoms with van der Waals surface area (Å²) in [5, 5.41) is 21.6. The number of ketones is 1. The Balaban J connectivity index is 2.07. The van der Waals surface area contributed by atoms with Crippen LogP contribution in [0.3, 0.4) is 0 Å². The van der Waals surface area contributed by atoms with Gasteiger partial charge >= 0.3 is 0 Å². The van der Waals surface area contributed by atoms with Crippen LogP contribution in [0.2, 0.25) is 0 Å². The van der Waals surface area contributed by atoms with Crippen LogP contribution in [-0.4, -0.2) is 40.0 Å². The second-order valence-corrected chi connectivity index (χ2v) is 8.51. The monoisotopic (exact) mass is 385 g/mol. The molecule has 1 aromatic heterocycles. The summed E-state index contributed by atoms with van der Waals surface area (Å²) in [7, 11) is 0. The highest BCUT2D eigenvalue weighted by Crippen LogP contribution is 2.39. The number of carbonyl (C=O) groups is 2. The van der Waals surface area contributed by atoms with E-state index in [1.807, 2.05) is 24.3 Å². The minimum absolute atomic E-state index is 0.0254. The molecule has 0 spiro atoms. The molecule has 2 heterocycles. The van der Waals surface area contributed by atoms with Crippen LogP contribution in [0.4, 0.5) is 0 Å². The molecule has 1 aliphatic rings. The fourth-order valence-corrected chi connectivity index (χ4v) is 3.95. The lowest BCUT2D eigenvalue weighted by atomic mass is 9.85. The smallest absolute Gasteiger partial charge is 0.290 e. The van der Waals surface area contributed by atoms with Gasteiger partial charge < -0.3 is 15.1 Å². The number of hydrogen-bond acceptors (Lipinski definition) is 5. The van der Waals surface area contributed by atoms with Gasteiger partial charge in [0.1, 0.15) is 0 Å². The highest BCUT2D eigenvalue weighted by atomic mass is 32.1. The van der Waals surface area contributed by atoms with Crippen molar-refractivity contribution in [2.24, 2.45) is 0 Å². The SMILES string of the molecule is CC(C)(C)c1ccc(C2C(C(=O)c3cccs3)=C(O)C(=O)N2CCO)cc1. The van der Waals surface area contributed by atoms with Crippen LogP contribution in [0.5, 0.6) is 0 Å². The van der Waals surface area contributed by atoms with Crippen LogP contribution in [0.25, 0.3) is 0 Å². The molecular formula is C21H23NO4S. The molecule has 0 radical (unpaired) electrons. The molecule has 0 bridgehead atoms. The fraction of sp³-hybridized carbons (Fsp3) is 0.333. The zero-order chi connectivity index (χ0) is 19.8. The van der Waals surface area contributed by atoms with E-state index in [1.54, 1.807) is 17.5 Å². The van der Waals surface area contributed by atoms with Crippen molar-refractivity contribution in [1.82, 2.24) is 4.90 Å². The van der Waals surface area contributed by atoms with Gasteiger partial charge in [0, 0.05) is 6.54 Å². The molecule has 6 heteroatoms. The van der Waals surface area contributed by atoms with Crippen molar-refractivity contribution in [1.29, 1.82) is 0 Å². The first-order chi connectivity index (χ1) is 12.8. The molecule has 1 unspecified atom stereocenters. The quantitative estimate of drug-likeness (QED) is 0.771. The lowest BCUT2D eigenvalue weighted by Crippen LogP contribution is -2.33. The number of thiophene rings is 1. The number of amides is 1. The summed E-state index contributed by atoms with van der Waals surface area (Å²) in [5.41, 5.74) is 1.90. The molecule has 1 amide bonds. The summed E-state index contributed by atoms with van der Waals surface area (Å²) in [5.74, 6) is -1.53. The first-order valence-corrected chi connectivity index (χ1v) is 9.67. The summed E-state index contributed by atoms with van der Waals surface area (Å²) >= 11 is 1.26. The zero-order valence-corrected chi connectivity index (χ0v) is 16.4. The van der Waals surface area contributed by atoms with E-state index >= 15 is 0 Å². The van der Waals surface area contributed by atoms with E-state index in [2.05, 4.69) is 20.8 Å². The average molecular weight is 385 g/mol. The second-order valence-electron chi connectivity index (χ2n) is 7.57. The van der Waals surface area contributed by atoms with E-state index in [-0.39, 0.29) is 29.9 Å². The Kier molecular flexibility index (Phi) is 5.22. The Bertz CT molecular complexity index is 876. The van der Waals surface area contributed by atoms with E-state index in [0.717, 1.165) is 11.1 Å². The summed E-state index contributed by atoms with van der Waals surface area (Å²) < 4.78 is 0. The van der Waals surface area contributed by atoms with Gasteiger partial charge in [-0.2, -0.15) is 0 Å². The molecule has 1 aliphatic heterocycles.